The largest absolute Gasteiger partial charge is 0.326 e. The van der Waals surface area contributed by atoms with Crippen molar-refractivity contribution in [3.8, 4) is 0 Å². The molecule has 4 atom stereocenters. The Morgan fingerprint density at radius 2 is 1.32 bits per heavy atom. The van der Waals surface area contributed by atoms with Crippen LogP contribution in [-0.4, -0.2) is 56.4 Å². The maximum Gasteiger partial charge on any atom is 0.180 e. The van der Waals surface area contributed by atoms with Gasteiger partial charge in [-0.25, -0.2) is 17.6 Å². The Labute approximate surface area is 133 Å². The Morgan fingerprint density at radius 1 is 0.773 bits per heavy atom. The minimum Gasteiger partial charge on any atom is -0.326 e. The van der Waals surface area contributed by atoms with Gasteiger partial charge < -0.3 is 4.48 Å². The van der Waals surface area contributed by atoms with Crippen molar-refractivity contribution in [1.82, 2.24) is 0 Å². The number of rotatable bonds is 13. The average Bonchev–Trinajstić information content (AvgIpc) is 2.43. The van der Waals surface area contributed by atoms with Crippen molar-refractivity contribution in [1.29, 1.82) is 0 Å². The van der Waals surface area contributed by atoms with Crippen molar-refractivity contribution >= 4 is 0 Å². The number of alkyl halides is 4. The summed E-state index contributed by atoms with van der Waals surface area (Å²) in [5.74, 6) is 0. The smallest absolute Gasteiger partial charge is 0.180 e. The predicted molar refractivity (Wildman–Crippen MR) is 85.1 cm³/mol. The van der Waals surface area contributed by atoms with Gasteiger partial charge in [0.05, 0.1) is 20.6 Å². The number of nitrogens with zero attached hydrogens (tertiary/aromatic N) is 1. The van der Waals surface area contributed by atoms with Gasteiger partial charge >= 0.3 is 0 Å². The molecule has 0 aromatic carbocycles. The van der Waals surface area contributed by atoms with Crippen LogP contribution in [0.4, 0.5) is 17.6 Å². The molecule has 0 bridgehead atoms. The van der Waals surface area contributed by atoms with Crippen LogP contribution in [0.1, 0.15) is 58.8 Å². The van der Waals surface area contributed by atoms with Gasteiger partial charge in [-0.2, -0.15) is 0 Å². The molecule has 0 amide bonds. The summed E-state index contributed by atoms with van der Waals surface area (Å²) in [6, 6.07) is 0. The quantitative estimate of drug-likeness (QED) is 0.248. The zero-order chi connectivity index (χ0) is 17.2. The molecule has 0 aliphatic rings. The molecule has 0 heterocycles. The first-order valence-electron chi connectivity index (χ1n) is 8.58. The normalized spacial score (nSPS) is 18.0. The first-order valence-corrected chi connectivity index (χ1v) is 8.58. The number of unbranched alkanes of at least 4 members (excludes halogenated alkanes) is 4. The van der Waals surface area contributed by atoms with Gasteiger partial charge in [-0.1, -0.05) is 26.2 Å². The molecule has 0 rings (SSSR count). The molecule has 0 spiro atoms. The van der Waals surface area contributed by atoms with Crippen LogP contribution in [0, 0.1) is 0 Å². The minimum atomic E-state index is -1.71. The maximum absolute atomic E-state index is 14.0. The Bertz CT molecular complexity index is 271. The Kier molecular flexibility index (Phi) is 11.1. The fourth-order valence-electron chi connectivity index (χ4n) is 2.55. The van der Waals surface area contributed by atoms with Crippen LogP contribution in [0.15, 0.2) is 0 Å². The zero-order valence-corrected chi connectivity index (χ0v) is 14.6. The lowest BCUT2D eigenvalue weighted by molar-refractivity contribution is -0.893. The highest BCUT2D eigenvalue weighted by Gasteiger charge is 2.29. The Balaban J connectivity index is 4.01. The zero-order valence-electron chi connectivity index (χ0n) is 14.6. The van der Waals surface area contributed by atoms with E-state index < -0.39 is 24.7 Å². The number of hydrogen-bond donors (Lipinski definition) is 0. The average molecular weight is 328 g/mol. The third-order valence-electron chi connectivity index (χ3n) is 4.14. The number of quaternary nitrogens is 1. The molecule has 0 saturated carbocycles. The number of hydrogen-bond acceptors (Lipinski definition) is 0. The molecule has 0 aliphatic heterocycles. The topological polar surface area (TPSA) is 0 Å². The standard InChI is InChI=1S/C17H34F4N/c1-5-6-7-8-9-12-22(3,4)13-17(21)16(20)11-10-15(19)14(2)18/h14-17H,5-13H2,1-4H3/q+1. The lowest BCUT2D eigenvalue weighted by Crippen LogP contribution is -2.47. The van der Waals surface area contributed by atoms with E-state index in [4.69, 9.17) is 0 Å². The summed E-state index contributed by atoms with van der Waals surface area (Å²) >= 11 is 0. The van der Waals surface area contributed by atoms with Gasteiger partial charge in [0.25, 0.3) is 0 Å². The molecule has 0 aromatic rings. The van der Waals surface area contributed by atoms with Crippen LogP contribution in [0.2, 0.25) is 0 Å². The minimum absolute atomic E-state index is 0.0804. The van der Waals surface area contributed by atoms with E-state index in [0.717, 1.165) is 26.3 Å². The monoisotopic (exact) mass is 328 g/mol. The van der Waals surface area contributed by atoms with E-state index in [0.29, 0.717) is 4.48 Å². The van der Waals surface area contributed by atoms with Crippen molar-refractivity contribution in [3.63, 3.8) is 0 Å². The molecule has 0 N–H and O–H groups in total. The van der Waals surface area contributed by atoms with Gasteiger partial charge in [-0.15, -0.1) is 0 Å². The van der Waals surface area contributed by atoms with Crippen LogP contribution >= 0.6 is 0 Å². The third-order valence-corrected chi connectivity index (χ3v) is 4.14. The van der Waals surface area contributed by atoms with Crippen molar-refractivity contribution in [3.05, 3.63) is 0 Å². The van der Waals surface area contributed by atoms with Gasteiger partial charge in [0.15, 0.2) is 6.17 Å². The summed E-state index contributed by atoms with van der Waals surface area (Å²) in [5, 5.41) is 0. The van der Waals surface area contributed by atoms with Crippen LogP contribution < -0.4 is 0 Å². The number of halogens is 4. The predicted octanol–water partition coefficient (Wildman–Crippen LogP) is 5.19. The van der Waals surface area contributed by atoms with E-state index in [9.17, 15) is 17.6 Å². The van der Waals surface area contributed by atoms with E-state index in [-0.39, 0.29) is 19.4 Å². The molecular formula is C17H34F4N+. The molecule has 0 radical (unpaired) electrons. The highest BCUT2D eigenvalue weighted by Crippen LogP contribution is 2.19. The molecule has 0 saturated heterocycles. The van der Waals surface area contributed by atoms with Crippen LogP contribution in [-0.2, 0) is 0 Å². The first kappa shape index (κ1) is 21.7. The van der Waals surface area contributed by atoms with Crippen LogP contribution in [0.25, 0.3) is 0 Å². The van der Waals surface area contributed by atoms with Crippen molar-refractivity contribution in [2.45, 2.75) is 83.5 Å². The van der Waals surface area contributed by atoms with E-state index in [2.05, 4.69) is 6.92 Å². The molecule has 4 unspecified atom stereocenters. The molecular weight excluding hydrogens is 294 g/mol. The SMILES string of the molecule is CCCCCCC[N+](C)(C)CC(F)C(F)CCC(F)C(C)F. The molecule has 22 heavy (non-hydrogen) atoms. The summed E-state index contributed by atoms with van der Waals surface area (Å²) in [5.41, 5.74) is 0. The lowest BCUT2D eigenvalue weighted by atomic mass is 10.1. The Morgan fingerprint density at radius 3 is 1.86 bits per heavy atom. The highest BCUT2D eigenvalue weighted by molar-refractivity contribution is 4.72. The second-order valence-corrected chi connectivity index (χ2v) is 7.06. The summed E-state index contributed by atoms with van der Waals surface area (Å²) in [7, 11) is 3.78. The van der Waals surface area contributed by atoms with Gasteiger partial charge in [-0.05, 0) is 32.6 Å². The van der Waals surface area contributed by atoms with E-state index in [1.807, 2.05) is 14.1 Å². The fourth-order valence-corrected chi connectivity index (χ4v) is 2.55. The molecule has 5 heteroatoms. The molecule has 1 nitrogen and oxygen atoms in total. The van der Waals surface area contributed by atoms with E-state index >= 15 is 0 Å². The van der Waals surface area contributed by atoms with Crippen molar-refractivity contribution in [2.24, 2.45) is 0 Å². The Hall–Kier alpha value is -0.320. The van der Waals surface area contributed by atoms with Crippen molar-refractivity contribution < 1.29 is 22.0 Å². The van der Waals surface area contributed by atoms with Crippen LogP contribution in [0.5, 0.6) is 0 Å². The van der Waals surface area contributed by atoms with Gasteiger partial charge in [-0.3, -0.25) is 0 Å². The first-order chi connectivity index (χ1) is 10.2. The molecule has 0 aliphatic carbocycles. The lowest BCUT2D eigenvalue weighted by Gasteiger charge is -2.32. The van der Waals surface area contributed by atoms with Gasteiger partial charge in [0.1, 0.15) is 25.1 Å². The summed E-state index contributed by atoms with van der Waals surface area (Å²) in [4.78, 5) is 0. The molecule has 0 fully saturated rings. The van der Waals surface area contributed by atoms with E-state index in [1.165, 1.54) is 19.3 Å². The molecule has 0 aromatic heterocycles. The fraction of sp³-hybridized carbons (Fsp3) is 1.00. The molecule has 134 valence electrons. The summed E-state index contributed by atoms with van der Waals surface area (Å²) in [6.07, 6.45) is -1.48. The second-order valence-electron chi connectivity index (χ2n) is 7.06. The highest BCUT2D eigenvalue weighted by atomic mass is 19.2. The third kappa shape index (κ3) is 10.4. The van der Waals surface area contributed by atoms with E-state index in [1.54, 1.807) is 0 Å². The van der Waals surface area contributed by atoms with Crippen LogP contribution in [0.3, 0.4) is 0 Å². The maximum atomic E-state index is 14.0. The van der Waals surface area contributed by atoms with Gasteiger partial charge in [0, 0.05) is 0 Å². The second kappa shape index (κ2) is 11.3. The van der Waals surface area contributed by atoms with Gasteiger partial charge in [0.2, 0.25) is 0 Å². The van der Waals surface area contributed by atoms with Crippen molar-refractivity contribution in [2.75, 3.05) is 27.2 Å². The summed E-state index contributed by atoms with van der Waals surface area (Å²) < 4.78 is 53.9. The summed E-state index contributed by atoms with van der Waals surface area (Å²) in [6.45, 7) is 4.14.